The minimum absolute atomic E-state index is 0.207. The molecule has 0 saturated carbocycles. The van der Waals surface area contributed by atoms with E-state index in [1.807, 2.05) is 30.3 Å². The molecule has 0 bridgehead atoms. The van der Waals surface area contributed by atoms with Gasteiger partial charge in [0.1, 0.15) is 0 Å². The molecule has 0 radical (unpaired) electrons. The van der Waals surface area contributed by atoms with Gasteiger partial charge in [0.2, 0.25) is 0 Å². The highest BCUT2D eigenvalue weighted by Gasteiger charge is 2.09. The molecule has 0 saturated heterocycles. The molecular formula is C13H17N5OS. The minimum atomic E-state index is -0.207. The zero-order valence-corrected chi connectivity index (χ0v) is 11.8. The lowest BCUT2D eigenvalue weighted by molar-refractivity contribution is 0.0951. The average molecular weight is 291 g/mol. The third-order valence-corrected chi connectivity index (χ3v) is 3.54. The summed E-state index contributed by atoms with van der Waals surface area (Å²) in [5.74, 6) is 0.606. The lowest BCUT2D eigenvalue weighted by atomic mass is 10.4. The second-order valence-electron chi connectivity index (χ2n) is 4.07. The Labute approximate surface area is 121 Å². The van der Waals surface area contributed by atoms with E-state index >= 15 is 0 Å². The fourth-order valence-electron chi connectivity index (χ4n) is 1.58. The number of amides is 1. The van der Waals surface area contributed by atoms with Gasteiger partial charge in [-0.1, -0.05) is 23.4 Å². The van der Waals surface area contributed by atoms with Gasteiger partial charge in [-0.25, -0.2) is 0 Å². The smallest absolute Gasteiger partial charge is 0.273 e. The van der Waals surface area contributed by atoms with Gasteiger partial charge in [-0.3, -0.25) is 9.48 Å². The van der Waals surface area contributed by atoms with E-state index in [2.05, 4.69) is 15.6 Å². The number of hydrogen-bond acceptors (Lipinski definition) is 5. The normalized spacial score (nSPS) is 10.4. The Bertz CT molecular complexity index is 543. The third kappa shape index (κ3) is 4.36. The molecule has 1 aromatic heterocycles. The average Bonchev–Trinajstić information content (AvgIpc) is 2.94. The van der Waals surface area contributed by atoms with Crippen molar-refractivity contribution in [3.05, 3.63) is 42.2 Å². The molecule has 3 N–H and O–H groups in total. The summed E-state index contributed by atoms with van der Waals surface area (Å²) in [4.78, 5) is 13.0. The fourth-order valence-corrected chi connectivity index (χ4v) is 2.37. The van der Waals surface area contributed by atoms with Gasteiger partial charge in [0.15, 0.2) is 5.69 Å². The molecular weight excluding hydrogens is 274 g/mol. The van der Waals surface area contributed by atoms with Crippen LogP contribution in [0.2, 0.25) is 0 Å². The zero-order chi connectivity index (χ0) is 14.2. The Morgan fingerprint density at radius 2 is 2.15 bits per heavy atom. The van der Waals surface area contributed by atoms with Crippen molar-refractivity contribution in [1.29, 1.82) is 0 Å². The number of aromatic nitrogens is 3. The lowest BCUT2D eigenvalue weighted by Crippen LogP contribution is -2.26. The van der Waals surface area contributed by atoms with Crippen molar-refractivity contribution >= 4 is 17.7 Å². The molecule has 0 aliphatic carbocycles. The molecule has 1 heterocycles. The second kappa shape index (κ2) is 7.66. The second-order valence-corrected chi connectivity index (χ2v) is 5.24. The molecule has 0 aliphatic heterocycles. The number of rotatable bonds is 7. The predicted molar refractivity (Wildman–Crippen MR) is 78.6 cm³/mol. The molecule has 1 aromatic carbocycles. The van der Waals surface area contributed by atoms with Crippen molar-refractivity contribution in [2.45, 2.75) is 11.4 Å². The summed E-state index contributed by atoms with van der Waals surface area (Å²) in [5, 5.41) is 10.5. The fraction of sp³-hybridized carbons (Fsp3) is 0.308. The van der Waals surface area contributed by atoms with E-state index in [0.29, 0.717) is 25.3 Å². The first-order valence-electron chi connectivity index (χ1n) is 6.36. The van der Waals surface area contributed by atoms with Crippen molar-refractivity contribution in [1.82, 2.24) is 20.3 Å². The van der Waals surface area contributed by atoms with Crippen LogP contribution in [0.1, 0.15) is 10.5 Å². The molecule has 0 aliphatic rings. The highest BCUT2D eigenvalue weighted by molar-refractivity contribution is 7.99. The van der Waals surface area contributed by atoms with E-state index in [4.69, 9.17) is 5.73 Å². The van der Waals surface area contributed by atoms with Crippen LogP contribution in [-0.4, -0.2) is 39.7 Å². The Kier molecular flexibility index (Phi) is 5.57. The van der Waals surface area contributed by atoms with Crippen molar-refractivity contribution in [3.8, 4) is 0 Å². The standard InChI is InChI=1S/C13H17N5OS/c14-6-8-18-10-12(16-17-18)13(19)15-7-9-20-11-4-2-1-3-5-11/h1-5,10H,6-9,14H2,(H,15,19). The Hall–Kier alpha value is -1.86. The lowest BCUT2D eigenvalue weighted by Gasteiger charge is -2.03. The van der Waals surface area contributed by atoms with E-state index in [-0.39, 0.29) is 5.91 Å². The quantitative estimate of drug-likeness (QED) is 0.581. The summed E-state index contributed by atoms with van der Waals surface area (Å²) in [6.45, 7) is 1.62. The molecule has 2 aromatic rings. The molecule has 7 heteroatoms. The van der Waals surface area contributed by atoms with Crippen LogP contribution < -0.4 is 11.1 Å². The summed E-state index contributed by atoms with van der Waals surface area (Å²) < 4.78 is 1.56. The van der Waals surface area contributed by atoms with E-state index < -0.39 is 0 Å². The van der Waals surface area contributed by atoms with Crippen LogP contribution in [0.15, 0.2) is 41.4 Å². The van der Waals surface area contributed by atoms with Crippen LogP contribution in [0.4, 0.5) is 0 Å². The number of thioether (sulfide) groups is 1. The topological polar surface area (TPSA) is 85.8 Å². The Balaban J connectivity index is 1.72. The van der Waals surface area contributed by atoms with Crippen molar-refractivity contribution in [2.24, 2.45) is 5.73 Å². The van der Waals surface area contributed by atoms with Crippen LogP contribution in [0.3, 0.4) is 0 Å². The molecule has 2 rings (SSSR count). The Morgan fingerprint density at radius 1 is 1.35 bits per heavy atom. The van der Waals surface area contributed by atoms with Gasteiger partial charge < -0.3 is 11.1 Å². The van der Waals surface area contributed by atoms with Gasteiger partial charge >= 0.3 is 0 Å². The van der Waals surface area contributed by atoms with Gasteiger partial charge in [0, 0.05) is 23.7 Å². The maximum Gasteiger partial charge on any atom is 0.273 e. The van der Waals surface area contributed by atoms with E-state index in [1.54, 1.807) is 22.6 Å². The minimum Gasteiger partial charge on any atom is -0.350 e. The van der Waals surface area contributed by atoms with Gasteiger partial charge in [0.05, 0.1) is 12.7 Å². The van der Waals surface area contributed by atoms with E-state index in [0.717, 1.165) is 5.75 Å². The number of carbonyl (C=O) groups excluding carboxylic acids is 1. The molecule has 0 fully saturated rings. The van der Waals surface area contributed by atoms with Gasteiger partial charge in [-0.15, -0.1) is 16.9 Å². The number of hydrogen-bond donors (Lipinski definition) is 2. The third-order valence-electron chi connectivity index (χ3n) is 2.53. The van der Waals surface area contributed by atoms with E-state index in [1.165, 1.54) is 4.90 Å². The van der Waals surface area contributed by atoms with Gasteiger partial charge in [-0.2, -0.15) is 0 Å². The molecule has 6 nitrogen and oxygen atoms in total. The number of nitrogens with zero attached hydrogens (tertiary/aromatic N) is 3. The first kappa shape index (κ1) is 14.5. The molecule has 1 amide bonds. The number of nitrogens with one attached hydrogen (secondary N) is 1. The van der Waals surface area contributed by atoms with Crippen LogP contribution >= 0.6 is 11.8 Å². The van der Waals surface area contributed by atoms with Crippen LogP contribution in [0.5, 0.6) is 0 Å². The summed E-state index contributed by atoms with van der Waals surface area (Å²) in [6.07, 6.45) is 1.60. The Morgan fingerprint density at radius 3 is 2.90 bits per heavy atom. The summed E-state index contributed by atoms with van der Waals surface area (Å²) in [5.41, 5.74) is 5.73. The number of benzene rings is 1. The van der Waals surface area contributed by atoms with Crippen molar-refractivity contribution in [2.75, 3.05) is 18.8 Å². The van der Waals surface area contributed by atoms with Gasteiger partial charge in [0.25, 0.3) is 5.91 Å². The summed E-state index contributed by atoms with van der Waals surface area (Å²) in [6, 6.07) is 10.1. The predicted octanol–water partition coefficient (Wildman–Crippen LogP) is 0.759. The molecule has 0 spiro atoms. The monoisotopic (exact) mass is 291 g/mol. The first-order chi connectivity index (χ1) is 9.79. The molecule has 0 atom stereocenters. The van der Waals surface area contributed by atoms with Crippen molar-refractivity contribution in [3.63, 3.8) is 0 Å². The van der Waals surface area contributed by atoms with Crippen LogP contribution in [0.25, 0.3) is 0 Å². The van der Waals surface area contributed by atoms with Gasteiger partial charge in [-0.05, 0) is 12.1 Å². The molecule has 0 unspecified atom stereocenters. The molecule has 106 valence electrons. The number of carbonyl (C=O) groups is 1. The highest BCUT2D eigenvalue weighted by Crippen LogP contribution is 2.15. The maximum atomic E-state index is 11.8. The van der Waals surface area contributed by atoms with Crippen LogP contribution in [0, 0.1) is 0 Å². The SMILES string of the molecule is NCCn1cc(C(=O)NCCSc2ccccc2)nn1. The molecule has 20 heavy (non-hydrogen) atoms. The first-order valence-corrected chi connectivity index (χ1v) is 7.34. The van der Waals surface area contributed by atoms with E-state index in [9.17, 15) is 4.79 Å². The largest absolute Gasteiger partial charge is 0.350 e. The van der Waals surface area contributed by atoms with Crippen LogP contribution in [-0.2, 0) is 6.54 Å². The zero-order valence-electron chi connectivity index (χ0n) is 11.0. The summed E-state index contributed by atoms with van der Waals surface area (Å²) in [7, 11) is 0. The maximum absolute atomic E-state index is 11.8. The summed E-state index contributed by atoms with van der Waals surface area (Å²) >= 11 is 1.70. The highest BCUT2D eigenvalue weighted by atomic mass is 32.2. The number of nitrogens with two attached hydrogens (primary N) is 1. The van der Waals surface area contributed by atoms with Crippen molar-refractivity contribution < 1.29 is 4.79 Å².